The van der Waals surface area contributed by atoms with Crippen LogP contribution in [0.4, 0.5) is 13.6 Å². The third kappa shape index (κ3) is 4.78. The predicted octanol–water partition coefficient (Wildman–Crippen LogP) is 2.13. The minimum absolute atomic E-state index is 0.125. The third-order valence-electron chi connectivity index (χ3n) is 4.28. The fourth-order valence-electron chi connectivity index (χ4n) is 3.14. The maximum Gasteiger partial charge on any atom is 0.410 e. The number of carbonyl (C=O) groups excluding carboxylic acids is 2. The first kappa shape index (κ1) is 18.9. The van der Waals surface area contributed by atoms with E-state index in [2.05, 4.69) is 0 Å². The number of carbonyl (C=O) groups is 2. The Kier molecular flexibility index (Phi) is 5.37. The SMILES string of the molecule is COC(=O)[C@@H]1CN(C(=O)OC(C)(C)C)CCN1CC1CC(F)(F)C1. The molecule has 1 aliphatic heterocycles. The molecule has 1 saturated heterocycles. The summed E-state index contributed by atoms with van der Waals surface area (Å²) in [5.41, 5.74) is -0.619. The first-order valence-corrected chi connectivity index (χ1v) is 8.18. The number of hydrogen-bond acceptors (Lipinski definition) is 5. The smallest absolute Gasteiger partial charge is 0.410 e. The number of piperazine rings is 1. The molecular weight excluding hydrogens is 322 g/mol. The van der Waals surface area contributed by atoms with Gasteiger partial charge in [0, 0.05) is 32.5 Å². The Hall–Kier alpha value is -1.44. The van der Waals surface area contributed by atoms with Gasteiger partial charge in [-0.25, -0.2) is 13.6 Å². The normalized spacial score (nSPS) is 25.1. The number of halogens is 2. The Labute approximate surface area is 141 Å². The fourth-order valence-corrected chi connectivity index (χ4v) is 3.14. The van der Waals surface area contributed by atoms with E-state index >= 15 is 0 Å². The van der Waals surface area contributed by atoms with Gasteiger partial charge < -0.3 is 14.4 Å². The van der Waals surface area contributed by atoms with Crippen LogP contribution in [0.15, 0.2) is 0 Å². The maximum absolute atomic E-state index is 13.0. The van der Waals surface area contributed by atoms with E-state index in [0.29, 0.717) is 19.6 Å². The molecule has 138 valence electrons. The predicted molar refractivity (Wildman–Crippen MR) is 82.9 cm³/mol. The molecule has 6 nitrogen and oxygen atoms in total. The Morgan fingerprint density at radius 2 is 1.83 bits per heavy atom. The van der Waals surface area contributed by atoms with E-state index in [1.54, 1.807) is 20.8 Å². The number of methoxy groups -OCH3 is 1. The van der Waals surface area contributed by atoms with Gasteiger partial charge in [-0.15, -0.1) is 0 Å². The Morgan fingerprint density at radius 1 is 1.21 bits per heavy atom. The summed E-state index contributed by atoms with van der Waals surface area (Å²) < 4.78 is 36.2. The Balaban J connectivity index is 1.97. The molecule has 8 heteroatoms. The van der Waals surface area contributed by atoms with E-state index in [0.717, 1.165) is 0 Å². The highest BCUT2D eigenvalue weighted by Gasteiger charge is 2.47. The number of hydrogen-bond donors (Lipinski definition) is 0. The molecule has 0 aromatic carbocycles. The molecule has 2 aliphatic rings. The molecule has 1 atom stereocenters. The van der Waals surface area contributed by atoms with Crippen LogP contribution < -0.4 is 0 Å². The van der Waals surface area contributed by atoms with Crippen molar-refractivity contribution in [2.45, 2.75) is 51.2 Å². The van der Waals surface area contributed by atoms with Crippen LogP contribution in [-0.2, 0) is 14.3 Å². The van der Waals surface area contributed by atoms with Gasteiger partial charge in [-0.05, 0) is 26.7 Å². The average Bonchev–Trinajstić information content (AvgIpc) is 2.43. The summed E-state index contributed by atoms with van der Waals surface area (Å²) in [4.78, 5) is 27.6. The van der Waals surface area contributed by atoms with Gasteiger partial charge in [-0.3, -0.25) is 9.69 Å². The molecule has 1 heterocycles. The maximum atomic E-state index is 13.0. The van der Waals surface area contributed by atoms with Crippen molar-refractivity contribution in [2.75, 3.05) is 33.3 Å². The number of ether oxygens (including phenoxy) is 2. The second-order valence-corrected chi connectivity index (χ2v) is 7.59. The molecule has 2 rings (SSSR count). The van der Waals surface area contributed by atoms with Gasteiger partial charge in [0.2, 0.25) is 5.92 Å². The number of amides is 1. The molecule has 0 aromatic rings. The molecule has 0 bridgehead atoms. The summed E-state index contributed by atoms with van der Waals surface area (Å²) in [7, 11) is 1.28. The van der Waals surface area contributed by atoms with Gasteiger partial charge in [0.15, 0.2) is 0 Å². The van der Waals surface area contributed by atoms with Gasteiger partial charge in [-0.1, -0.05) is 0 Å². The second kappa shape index (κ2) is 6.82. The van der Waals surface area contributed by atoms with Crippen LogP contribution in [0.2, 0.25) is 0 Å². The molecular formula is C16H26F2N2O4. The van der Waals surface area contributed by atoms with E-state index < -0.39 is 29.6 Å². The zero-order valence-electron chi connectivity index (χ0n) is 14.7. The lowest BCUT2D eigenvalue weighted by Crippen LogP contribution is -2.60. The van der Waals surface area contributed by atoms with Gasteiger partial charge in [0.05, 0.1) is 13.7 Å². The second-order valence-electron chi connectivity index (χ2n) is 7.59. The lowest BCUT2D eigenvalue weighted by molar-refractivity contribution is -0.152. The number of esters is 1. The van der Waals surface area contributed by atoms with Crippen molar-refractivity contribution in [3.8, 4) is 0 Å². The minimum atomic E-state index is -2.58. The molecule has 0 unspecified atom stereocenters. The molecule has 0 N–H and O–H groups in total. The molecule has 0 radical (unpaired) electrons. The molecule has 0 spiro atoms. The van der Waals surface area contributed by atoms with Gasteiger partial charge in [-0.2, -0.15) is 0 Å². The van der Waals surface area contributed by atoms with Crippen LogP contribution in [0.25, 0.3) is 0 Å². The van der Waals surface area contributed by atoms with Crippen molar-refractivity contribution in [3.05, 3.63) is 0 Å². The third-order valence-corrected chi connectivity index (χ3v) is 4.28. The van der Waals surface area contributed by atoms with Crippen LogP contribution in [-0.4, -0.2) is 72.7 Å². The van der Waals surface area contributed by atoms with Crippen LogP contribution in [0.5, 0.6) is 0 Å². The van der Waals surface area contributed by atoms with Crippen molar-refractivity contribution in [3.63, 3.8) is 0 Å². The van der Waals surface area contributed by atoms with Crippen molar-refractivity contribution in [1.29, 1.82) is 0 Å². The van der Waals surface area contributed by atoms with Crippen molar-refractivity contribution >= 4 is 12.1 Å². The van der Waals surface area contributed by atoms with Gasteiger partial charge in [0.25, 0.3) is 0 Å². The highest BCUT2D eigenvalue weighted by Crippen LogP contribution is 2.43. The molecule has 0 aromatic heterocycles. The largest absolute Gasteiger partial charge is 0.468 e. The van der Waals surface area contributed by atoms with Crippen LogP contribution >= 0.6 is 0 Å². The monoisotopic (exact) mass is 348 g/mol. The standard InChI is InChI=1S/C16H26F2N2O4/c1-15(2,3)24-14(22)20-6-5-19(12(10-20)13(21)23-4)9-11-7-16(17,18)8-11/h11-12H,5-10H2,1-4H3/t12-/m0/s1. The van der Waals surface area contributed by atoms with E-state index in [9.17, 15) is 18.4 Å². The minimum Gasteiger partial charge on any atom is -0.468 e. The molecule has 2 fully saturated rings. The summed E-state index contributed by atoms with van der Waals surface area (Å²) >= 11 is 0. The van der Waals surface area contributed by atoms with Crippen molar-refractivity contribution < 1.29 is 27.8 Å². The molecule has 1 saturated carbocycles. The van der Waals surface area contributed by atoms with Crippen LogP contribution in [0.1, 0.15) is 33.6 Å². The average molecular weight is 348 g/mol. The lowest BCUT2D eigenvalue weighted by Gasteiger charge is -2.44. The summed E-state index contributed by atoms with van der Waals surface area (Å²) in [5, 5.41) is 0. The fraction of sp³-hybridized carbons (Fsp3) is 0.875. The zero-order valence-corrected chi connectivity index (χ0v) is 14.7. The summed E-state index contributed by atoms with van der Waals surface area (Å²) in [6.07, 6.45) is -0.772. The zero-order chi connectivity index (χ0) is 18.1. The molecule has 24 heavy (non-hydrogen) atoms. The van der Waals surface area contributed by atoms with E-state index in [4.69, 9.17) is 9.47 Å². The summed E-state index contributed by atoms with van der Waals surface area (Å²) in [6, 6.07) is -0.648. The highest BCUT2D eigenvalue weighted by atomic mass is 19.3. The summed E-state index contributed by atoms with van der Waals surface area (Å²) in [6.45, 7) is 6.70. The quantitative estimate of drug-likeness (QED) is 0.731. The van der Waals surface area contributed by atoms with E-state index in [1.165, 1.54) is 12.0 Å². The number of alkyl halides is 2. The van der Waals surface area contributed by atoms with E-state index in [-0.39, 0.29) is 25.3 Å². The van der Waals surface area contributed by atoms with Crippen molar-refractivity contribution in [2.24, 2.45) is 5.92 Å². The molecule has 1 amide bonds. The highest BCUT2D eigenvalue weighted by molar-refractivity contribution is 5.77. The lowest BCUT2D eigenvalue weighted by atomic mass is 9.80. The number of nitrogens with zero attached hydrogens (tertiary/aromatic N) is 2. The van der Waals surface area contributed by atoms with Gasteiger partial charge >= 0.3 is 12.1 Å². The van der Waals surface area contributed by atoms with Gasteiger partial charge in [0.1, 0.15) is 11.6 Å². The first-order chi connectivity index (χ1) is 11.0. The Bertz CT molecular complexity index is 485. The topological polar surface area (TPSA) is 59.1 Å². The summed E-state index contributed by atoms with van der Waals surface area (Å²) in [5.74, 6) is -3.17. The number of rotatable bonds is 3. The van der Waals surface area contributed by atoms with Crippen LogP contribution in [0.3, 0.4) is 0 Å². The van der Waals surface area contributed by atoms with Crippen molar-refractivity contribution in [1.82, 2.24) is 9.80 Å². The van der Waals surface area contributed by atoms with Crippen LogP contribution in [0, 0.1) is 5.92 Å². The Morgan fingerprint density at radius 3 is 2.33 bits per heavy atom. The molecule has 1 aliphatic carbocycles. The van der Waals surface area contributed by atoms with E-state index in [1.807, 2.05) is 4.90 Å². The first-order valence-electron chi connectivity index (χ1n) is 8.18.